The van der Waals surface area contributed by atoms with Gasteiger partial charge < -0.3 is 14.0 Å². The molecular weight excluding hydrogens is 302 g/mol. The number of benzene rings is 1. The van der Waals surface area contributed by atoms with E-state index in [1.807, 2.05) is 12.5 Å². The normalized spacial score (nSPS) is 18.7. The van der Waals surface area contributed by atoms with Gasteiger partial charge in [-0.15, -0.1) is 0 Å². The lowest BCUT2D eigenvalue weighted by molar-refractivity contribution is 0.155. The number of rotatable bonds is 7. The molecule has 3 rings (SSSR count). The van der Waals surface area contributed by atoms with Crippen LogP contribution in [-0.4, -0.2) is 41.8 Å². The fourth-order valence-corrected chi connectivity index (χ4v) is 3.59. The molecule has 1 saturated heterocycles. The minimum Gasteiger partial charge on any atom is -0.496 e. The van der Waals surface area contributed by atoms with Crippen LogP contribution in [0.2, 0.25) is 0 Å². The molecule has 0 saturated carbocycles. The first-order chi connectivity index (χ1) is 11.8. The molecule has 5 nitrogen and oxygen atoms in total. The van der Waals surface area contributed by atoms with Gasteiger partial charge in [0, 0.05) is 44.7 Å². The molecule has 0 N–H and O–H groups in total. The first-order valence-electron chi connectivity index (χ1n) is 8.61. The van der Waals surface area contributed by atoms with Gasteiger partial charge >= 0.3 is 0 Å². The van der Waals surface area contributed by atoms with E-state index in [1.165, 1.54) is 24.9 Å². The average molecular weight is 329 g/mol. The van der Waals surface area contributed by atoms with Crippen molar-refractivity contribution in [1.29, 1.82) is 0 Å². The fourth-order valence-electron chi connectivity index (χ4n) is 3.59. The van der Waals surface area contributed by atoms with Crippen molar-refractivity contribution in [3.8, 4) is 5.75 Å². The summed E-state index contributed by atoms with van der Waals surface area (Å²) >= 11 is 0. The predicted molar refractivity (Wildman–Crippen MR) is 93.9 cm³/mol. The number of likely N-dealkylation sites (tertiary alicyclic amines) is 1. The lowest BCUT2D eigenvalue weighted by atomic mass is 9.97. The molecule has 5 heteroatoms. The molecule has 1 aromatic carbocycles. The van der Waals surface area contributed by atoms with E-state index in [0.717, 1.165) is 30.9 Å². The van der Waals surface area contributed by atoms with E-state index in [9.17, 15) is 0 Å². The number of hydrogen-bond acceptors (Lipinski definition) is 4. The van der Waals surface area contributed by atoms with Gasteiger partial charge in [0.25, 0.3) is 0 Å². The highest BCUT2D eigenvalue weighted by Gasteiger charge is 2.20. The quantitative estimate of drug-likeness (QED) is 0.783. The van der Waals surface area contributed by atoms with Gasteiger partial charge in [0.1, 0.15) is 5.75 Å². The standard InChI is InChI=1S/C19H27N3O2/c1-23-14-18-10-16(5-6-19(18)24-2)11-21-8-3-4-17(12-21)13-22-9-7-20-15-22/h5-7,9-10,15,17H,3-4,8,11-14H2,1-2H3/t17-/m1/s1. The maximum atomic E-state index is 5.42. The molecule has 1 atom stereocenters. The summed E-state index contributed by atoms with van der Waals surface area (Å²) < 4.78 is 12.9. The third-order valence-corrected chi connectivity index (χ3v) is 4.68. The Kier molecular flexibility index (Phi) is 5.88. The van der Waals surface area contributed by atoms with E-state index in [1.54, 1.807) is 14.2 Å². The fraction of sp³-hybridized carbons (Fsp3) is 0.526. The molecule has 2 aromatic rings. The Morgan fingerprint density at radius 2 is 2.21 bits per heavy atom. The number of ether oxygens (including phenoxy) is 2. The van der Waals surface area contributed by atoms with Crippen LogP contribution in [0.3, 0.4) is 0 Å². The lowest BCUT2D eigenvalue weighted by Gasteiger charge is -2.33. The van der Waals surface area contributed by atoms with Gasteiger partial charge in [0.2, 0.25) is 0 Å². The average Bonchev–Trinajstić information content (AvgIpc) is 3.09. The van der Waals surface area contributed by atoms with Gasteiger partial charge in [0.05, 0.1) is 20.0 Å². The summed E-state index contributed by atoms with van der Waals surface area (Å²) in [4.78, 5) is 6.70. The van der Waals surface area contributed by atoms with Crippen LogP contribution in [0.25, 0.3) is 0 Å². The smallest absolute Gasteiger partial charge is 0.124 e. The number of imidazole rings is 1. The SMILES string of the molecule is COCc1cc(CN2CCC[C@@H](Cn3ccnc3)C2)ccc1OC. The summed E-state index contributed by atoms with van der Waals surface area (Å²) in [5.74, 6) is 1.60. The molecule has 1 aromatic heterocycles. The minimum absolute atomic E-state index is 0.584. The van der Waals surface area contributed by atoms with Crippen molar-refractivity contribution in [3.63, 3.8) is 0 Å². The molecular formula is C19H27N3O2. The maximum Gasteiger partial charge on any atom is 0.124 e. The number of aromatic nitrogens is 2. The van der Waals surface area contributed by atoms with Gasteiger partial charge in [-0.05, 0) is 43.0 Å². The Balaban J connectivity index is 1.61. The molecule has 0 bridgehead atoms. The van der Waals surface area contributed by atoms with Gasteiger partial charge in [0.15, 0.2) is 0 Å². The molecule has 1 aliphatic heterocycles. The van der Waals surface area contributed by atoms with E-state index < -0.39 is 0 Å². The summed E-state index contributed by atoms with van der Waals surface area (Å²) in [5.41, 5.74) is 2.44. The van der Waals surface area contributed by atoms with Crippen molar-refractivity contribution in [3.05, 3.63) is 48.0 Å². The summed E-state index contributed by atoms with van der Waals surface area (Å²) in [6, 6.07) is 6.43. The summed E-state index contributed by atoms with van der Waals surface area (Å²) in [5, 5.41) is 0. The maximum absolute atomic E-state index is 5.42. The molecule has 1 aliphatic rings. The second kappa shape index (κ2) is 8.31. The van der Waals surface area contributed by atoms with Crippen molar-refractivity contribution >= 4 is 0 Å². The molecule has 130 valence electrons. The zero-order chi connectivity index (χ0) is 16.8. The van der Waals surface area contributed by atoms with Gasteiger partial charge in [-0.3, -0.25) is 4.90 Å². The Labute approximate surface area is 144 Å². The third kappa shape index (κ3) is 4.36. The van der Waals surface area contributed by atoms with Crippen molar-refractivity contribution in [2.75, 3.05) is 27.3 Å². The summed E-state index contributed by atoms with van der Waals surface area (Å²) in [7, 11) is 3.43. The van der Waals surface area contributed by atoms with Crippen LogP contribution in [-0.2, 0) is 24.4 Å². The second-order valence-corrected chi connectivity index (χ2v) is 6.58. The van der Waals surface area contributed by atoms with Crippen molar-refractivity contribution in [1.82, 2.24) is 14.5 Å². The van der Waals surface area contributed by atoms with Crippen LogP contribution in [0.5, 0.6) is 5.75 Å². The molecule has 0 unspecified atom stereocenters. The number of nitrogens with zero attached hydrogens (tertiary/aromatic N) is 3. The van der Waals surface area contributed by atoms with Gasteiger partial charge in [-0.25, -0.2) is 4.98 Å². The zero-order valence-corrected chi connectivity index (χ0v) is 14.6. The number of hydrogen-bond donors (Lipinski definition) is 0. The van der Waals surface area contributed by atoms with Gasteiger partial charge in [-0.1, -0.05) is 6.07 Å². The summed E-state index contributed by atoms with van der Waals surface area (Å²) in [6.45, 7) is 4.95. The van der Waals surface area contributed by atoms with Crippen LogP contribution in [0.1, 0.15) is 24.0 Å². The van der Waals surface area contributed by atoms with Crippen molar-refractivity contribution in [2.45, 2.75) is 32.5 Å². The van der Waals surface area contributed by atoms with Gasteiger partial charge in [-0.2, -0.15) is 0 Å². The zero-order valence-electron chi connectivity index (χ0n) is 14.6. The van der Waals surface area contributed by atoms with Crippen LogP contribution in [0.4, 0.5) is 0 Å². The highest BCUT2D eigenvalue weighted by molar-refractivity contribution is 5.37. The summed E-state index contributed by atoms with van der Waals surface area (Å²) in [6.07, 6.45) is 8.39. The number of piperidine rings is 1. The molecule has 24 heavy (non-hydrogen) atoms. The van der Waals surface area contributed by atoms with Crippen molar-refractivity contribution < 1.29 is 9.47 Å². The van der Waals surface area contributed by atoms with E-state index >= 15 is 0 Å². The Morgan fingerprint density at radius 3 is 2.96 bits per heavy atom. The lowest BCUT2D eigenvalue weighted by Crippen LogP contribution is -2.36. The predicted octanol–water partition coefficient (Wildman–Crippen LogP) is 2.95. The van der Waals surface area contributed by atoms with E-state index in [0.29, 0.717) is 12.5 Å². The van der Waals surface area contributed by atoms with E-state index in [2.05, 4.69) is 38.8 Å². The monoisotopic (exact) mass is 329 g/mol. The molecule has 0 amide bonds. The second-order valence-electron chi connectivity index (χ2n) is 6.58. The first-order valence-corrected chi connectivity index (χ1v) is 8.61. The van der Waals surface area contributed by atoms with Crippen LogP contribution >= 0.6 is 0 Å². The molecule has 2 heterocycles. The minimum atomic E-state index is 0.584. The number of methoxy groups -OCH3 is 2. The van der Waals surface area contributed by atoms with Crippen molar-refractivity contribution in [2.24, 2.45) is 5.92 Å². The highest BCUT2D eigenvalue weighted by Crippen LogP contribution is 2.24. The third-order valence-electron chi connectivity index (χ3n) is 4.68. The van der Waals surface area contributed by atoms with E-state index in [-0.39, 0.29) is 0 Å². The van der Waals surface area contributed by atoms with Crippen LogP contribution in [0, 0.1) is 5.92 Å². The Morgan fingerprint density at radius 1 is 1.29 bits per heavy atom. The Hall–Kier alpha value is -1.85. The largest absolute Gasteiger partial charge is 0.496 e. The van der Waals surface area contributed by atoms with Crippen LogP contribution < -0.4 is 4.74 Å². The molecule has 0 aliphatic carbocycles. The van der Waals surface area contributed by atoms with Crippen LogP contribution in [0.15, 0.2) is 36.9 Å². The molecule has 0 radical (unpaired) electrons. The molecule has 0 spiro atoms. The van der Waals surface area contributed by atoms with E-state index in [4.69, 9.17) is 9.47 Å². The first kappa shape index (κ1) is 17.0. The highest BCUT2D eigenvalue weighted by atomic mass is 16.5. The molecule has 1 fully saturated rings. The Bertz CT molecular complexity index is 628. The topological polar surface area (TPSA) is 39.5 Å².